The second kappa shape index (κ2) is 6.34. The maximum Gasteiger partial charge on any atom is 0.0991 e. The van der Waals surface area contributed by atoms with Crippen LogP contribution in [0.15, 0.2) is 41.8 Å². The summed E-state index contributed by atoms with van der Waals surface area (Å²) in [5.41, 5.74) is 1.88. The zero-order valence-electron chi connectivity index (χ0n) is 10.4. The van der Waals surface area contributed by atoms with Crippen LogP contribution in [0.25, 0.3) is 0 Å². The lowest BCUT2D eigenvalue weighted by Crippen LogP contribution is -2.27. The number of nitrogens with one attached hydrogen (secondary N) is 1. The topological polar surface area (TPSA) is 35.8 Å². The predicted octanol–water partition coefficient (Wildman–Crippen LogP) is 3.34. The third-order valence-electron chi connectivity index (χ3n) is 2.80. The molecule has 0 saturated heterocycles. The first-order valence-electron chi connectivity index (χ1n) is 6.03. The molecule has 3 heteroatoms. The fourth-order valence-corrected chi connectivity index (χ4v) is 2.68. The number of hydrogen-bond donors (Lipinski definition) is 1. The fourth-order valence-electron chi connectivity index (χ4n) is 1.85. The summed E-state index contributed by atoms with van der Waals surface area (Å²) in [6.45, 7) is 3.00. The maximum absolute atomic E-state index is 8.84. The Morgan fingerprint density at radius 2 is 2.22 bits per heavy atom. The first-order valence-corrected chi connectivity index (χ1v) is 6.90. The number of nitrogens with zero attached hydrogens (tertiary/aromatic N) is 1. The third kappa shape index (κ3) is 3.69. The molecular weight excluding hydrogens is 240 g/mol. The molecule has 1 aromatic heterocycles. The van der Waals surface area contributed by atoms with E-state index in [4.69, 9.17) is 5.26 Å². The van der Waals surface area contributed by atoms with Crippen molar-refractivity contribution in [2.45, 2.75) is 25.9 Å². The Bertz CT molecular complexity index is 526. The highest BCUT2D eigenvalue weighted by molar-refractivity contribution is 7.09. The van der Waals surface area contributed by atoms with Gasteiger partial charge in [-0.15, -0.1) is 11.3 Å². The number of thiophene rings is 1. The van der Waals surface area contributed by atoms with E-state index < -0.39 is 0 Å². The minimum Gasteiger partial charge on any atom is -0.310 e. The van der Waals surface area contributed by atoms with Crippen LogP contribution in [0.5, 0.6) is 0 Å². The molecule has 1 aromatic carbocycles. The van der Waals surface area contributed by atoms with E-state index in [2.05, 4.69) is 35.8 Å². The number of benzene rings is 1. The smallest absolute Gasteiger partial charge is 0.0991 e. The lowest BCUT2D eigenvalue weighted by atomic mass is 10.1. The molecule has 0 bridgehead atoms. The van der Waals surface area contributed by atoms with Crippen LogP contribution in [0.2, 0.25) is 0 Å². The van der Waals surface area contributed by atoms with Gasteiger partial charge in [0.1, 0.15) is 0 Å². The third-order valence-corrected chi connectivity index (χ3v) is 3.70. The molecule has 0 aliphatic heterocycles. The van der Waals surface area contributed by atoms with Gasteiger partial charge in [-0.1, -0.05) is 18.2 Å². The van der Waals surface area contributed by atoms with Crippen LogP contribution >= 0.6 is 11.3 Å². The quantitative estimate of drug-likeness (QED) is 0.890. The highest BCUT2D eigenvalue weighted by atomic mass is 32.1. The molecule has 18 heavy (non-hydrogen) atoms. The zero-order valence-corrected chi connectivity index (χ0v) is 11.2. The summed E-state index contributed by atoms with van der Waals surface area (Å²) >= 11 is 1.80. The van der Waals surface area contributed by atoms with E-state index in [1.54, 1.807) is 11.3 Å². The average Bonchev–Trinajstić information content (AvgIpc) is 2.89. The van der Waals surface area contributed by atoms with Gasteiger partial charge in [0, 0.05) is 17.5 Å². The summed E-state index contributed by atoms with van der Waals surface area (Å²) in [6.07, 6.45) is 1.05. The summed E-state index contributed by atoms with van der Waals surface area (Å²) in [7, 11) is 0. The Morgan fingerprint density at radius 1 is 1.33 bits per heavy atom. The van der Waals surface area contributed by atoms with Gasteiger partial charge in [0.05, 0.1) is 11.6 Å². The van der Waals surface area contributed by atoms with E-state index in [9.17, 15) is 0 Å². The van der Waals surface area contributed by atoms with Crippen molar-refractivity contribution in [3.63, 3.8) is 0 Å². The minimum atomic E-state index is 0.439. The molecular formula is C15H16N2S. The molecule has 1 heterocycles. The van der Waals surface area contributed by atoms with Gasteiger partial charge >= 0.3 is 0 Å². The Labute approximate surface area is 112 Å². The standard InChI is InChI=1S/C15H16N2S/c1-12(8-15-6-3-7-18-15)17-11-14-5-2-4-13(9-14)10-16/h2-7,9,12,17H,8,11H2,1H3. The van der Waals surface area contributed by atoms with Crippen molar-refractivity contribution >= 4 is 11.3 Å². The van der Waals surface area contributed by atoms with Gasteiger partial charge < -0.3 is 5.32 Å². The number of hydrogen-bond acceptors (Lipinski definition) is 3. The minimum absolute atomic E-state index is 0.439. The second-order valence-electron chi connectivity index (χ2n) is 4.38. The first-order chi connectivity index (χ1) is 8.78. The molecule has 0 spiro atoms. The Hall–Kier alpha value is -1.63. The average molecular weight is 256 g/mol. The largest absolute Gasteiger partial charge is 0.310 e. The number of rotatable bonds is 5. The van der Waals surface area contributed by atoms with Crippen LogP contribution < -0.4 is 5.32 Å². The van der Waals surface area contributed by atoms with Crippen LogP contribution in [0, 0.1) is 11.3 Å². The van der Waals surface area contributed by atoms with E-state index in [1.807, 2.05) is 24.3 Å². The summed E-state index contributed by atoms with van der Waals surface area (Å²) in [5, 5.41) is 14.4. The van der Waals surface area contributed by atoms with Crippen molar-refractivity contribution in [2.24, 2.45) is 0 Å². The monoisotopic (exact) mass is 256 g/mol. The summed E-state index contributed by atoms with van der Waals surface area (Å²) in [5.74, 6) is 0. The molecule has 1 unspecified atom stereocenters. The molecule has 2 aromatic rings. The summed E-state index contributed by atoms with van der Waals surface area (Å²) in [4.78, 5) is 1.40. The van der Waals surface area contributed by atoms with Crippen molar-refractivity contribution in [1.82, 2.24) is 5.32 Å². The van der Waals surface area contributed by atoms with E-state index in [1.165, 1.54) is 4.88 Å². The highest BCUT2D eigenvalue weighted by Gasteiger charge is 2.04. The van der Waals surface area contributed by atoms with Crippen LogP contribution in [-0.2, 0) is 13.0 Å². The van der Waals surface area contributed by atoms with E-state index in [0.29, 0.717) is 6.04 Å². The molecule has 0 fully saturated rings. The summed E-state index contributed by atoms with van der Waals surface area (Å²) in [6, 6.07) is 14.6. The van der Waals surface area contributed by atoms with Crippen LogP contribution in [0.4, 0.5) is 0 Å². The molecule has 0 radical (unpaired) electrons. The SMILES string of the molecule is CC(Cc1cccs1)NCc1cccc(C#N)c1. The van der Waals surface area contributed by atoms with Gasteiger partial charge in [-0.25, -0.2) is 0 Å². The first kappa shape index (κ1) is 12.8. The molecule has 2 rings (SSSR count). The van der Waals surface area contributed by atoms with Crippen molar-refractivity contribution in [3.8, 4) is 6.07 Å². The molecule has 0 amide bonds. The van der Waals surface area contributed by atoms with Crippen molar-refractivity contribution < 1.29 is 0 Å². The van der Waals surface area contributed by atoms with Gasteiger partial charge in [0.15, 0.2) is 0 Å². The lowest BCUT2D eigenvalue weighted by molar-refractivity contribution is 0.548. The Kier molecular flexibility index (Phi) is 4.52. The van der Waals surface area contributed by atoms with Crippen molar-refractivity contribution in [2.75, 3.05) is 0 Å². The Balaban J connectivity index is 1.85. The van der Waals surface area contributed by atoms with E-state index in [-0.39, 0.29) is 0 Å². The number of nitriles is 1. The molecule has 92 valence electrons. The second-order valence-corrected chi connectivity index (χ2v) is 5.41. The predicted molar refractivity (Wildman–Crippen MR) is 75.5 cm³/mol. The maximum atomic E-state index is 8.84. The fraction of sp³-hybridized carbons (Fsp3) is 0.267. The summed E-state index contributed by atoms with van der Waals surface area (Å²) < 4.78 is 0. The van der Waals surface area contributed by atoms with Gasteiger partial charge in [0.2, 0.25) is 0 Å². The molecule has 0 aliphatic rings. The van der Waals surface area contributed by atoms with Gasteiger partial charge in [-0.3, -0.25) is 0 Å². The molecule has 0 aliphatic carbocycles. The molecule has 2 nitrogen and oxygen atoms in total. The van der Waals surface area contributed by atoms with Crippen molar-refractivity contribution in [1.29, 1.82) is 5.26 Å². The molecule has 1 atom stereocenters. The van der Waals surface area contributed by atoms with Crippen molar-refractivity contribution in [3.05, 3.63) is 57.8 Å². The Morgan fingerprint density at radius 3 is 2.94 bits per heavy atom. The zero-order chi connectivity index (χ0) is 12.8. The normalized spacial score (nSPS) is 12.0. The lowest BCUT2D eigenvalue weighted by Gasteiger charge is -2.12. The van der Waals surface area contributed by atoms with Crippen LogP contribution in [-0.4, -0.2) is 6.04 Å². The van der Waals surface area contributed by atoms with Crippen LogP contribution in [0.1, 0.15) is 22.9 Å². The highest BCUT2D eigenvalue weighted by Crippen LogP contribution is 2.11. The van der Waals surface area contributed by atoms with Gasteiger partial charge in [0.25, 0.3) is 0 Å². The van der Waals surface area contributed by atoms with Gasteiger partial charge in [-0.2, -0.15) is 5.26 Å². The van der Waals surface area contributed by atoms with Gasteiger partial charge in [-0.05, 0) is 42.5 Å². The van der Waals surface area contributed by atoms with Crippen LogP contribution in [0.3, 0.4) is 0 Å². The van der Waals surface area contributed by atoms with E-state index >= 15 is 0 Å². The molecule has 0 saturated carbocycles. The van der Waals surface area contributed by atoms with E-state index in [0.717, 1.165) is 24.1 Å². The molecule has 1 N–H and O–H groups in total.